The van der Waals surface area contributed by atoms with Gasteiger partial charge in [0, 0.05) is 42.0 Å². The molecule has 0 fully saturated rings. The first-order valence-corrected chi connectivity index (χ1v) is 7.42. The van der Waals surface area contributed by atoms with Crippen molar-refractivity contribution in [3.05, 3.63) is 49.1 Å². The summed E-state index contributed by atoms with van der Waals surface area (Å²) in [7, 11) is 0. The van der Waals surface area contributed by atoms with Crippen molar-refractivity contribution < 1.29 is 0 Å². The molecule has 1 aromatic carbocycles. The maximum absolute atomic E-state index is 6.10. The molecule has 6 nitrogen and oxygen atoms in total. The fourth-order valence-corrected chi connectivity index (χ4v) is 2.89. The molecule has 114 valence electrons. The topological polar surface area (TPSA) is 95.6 Å². The van der Waals surface area contributed by atoms with Gasteiger partial charge in [0.05, 0.1) is 10.9 Å². The van der Waals surface area contributed by atoms with Crippen LogP contribution in [0.3, 0.4) is 0 Å². The largest absolute Gasteiger partial charge is 0.383 e. The monoisotopic (exact) mass is 304 g/mol. The van der Waals surface area contributed by atoms with Gasteiger partial charge in [-0.15, -0.1) is 0 Å². The normalized spacial score (nSPS) is 11.3. The predicted molar refractivity (Wildman–Crippen MR) is 91.7 cm³/mol. The van der Waals surface area contributed by atoms with Crippen LogP contribution in [0.5, 0.6) is 0 Å². The molecule has 0 aliphatic rings. The van der Waals surface area contributed by atoms with E-state index in [1.54, 1.807) is 0 Å². The molecule has 0 saturated carbocycles. The molecule has 0 spiro atoms. The molecule has 4 N–H and O–H groups in total. The number of hydrogen-bond acceptors (Lipinski definition) is 5. The van der Waals surface area contributed by atoms with Crippen LogP contribution in [0.15, 0.2) is 49.1 Å². The van der Waals surface area contributed by atoms with Gasteiger partial charge >= 0.3 is 0 Å². The zero-order chi connectivity index (χ0) is 15.8. The number of nitrogens with zero attached hydrogens (tertiary/aromatic N) is 4. The lowest BCUT2D eigenvalue weighted by molar-refractivity contribution is 0.728. The van der Waals surface area contributed by atoms with E-state index in [-0.39, 0.29) is 0 Å². The van der Waals surface area contributed by atoms with Gasteiger partial charge < -0.3 is 16.0 Å². The van der Waals surface area contributed by atoms with E-state index < -0.39 is 0 Å². The highest BCUT2D eigenvalue weighted by molar-refractivity contribution is 6.01. The molecule has 4 aromatic rings. The van der Waals surface area contributed by atoms with E-state index in [4.69, 9.17) is 11.5 Å². The van der Waals surface area contributed by atoms with Crippen LogP contribution >= 0.6 is 0 Å². The van der Waals surface area contributed by atoms with Crippen molar-refractivity contribution in [3.8, 4) is 11.1 Å². The number of nitrogen functional groups attached to an aromatic ring is 1. The number of aromatic nitrogens is 4. The molecule has 4 rings (SSSR count). The summed E-state index contributed by atoms with van der Waals surface area (Å²) in [5, 5.41) is 1.93. The van der Waals surface area contributed by atoms with Crippen molar-refractivity contribution in [2.75, 3.05) is 12.3 Å². The number of benzene rings is 1. The van der Waals surface area contributed by atoms with Crippen molar-refractivity contribution in [1.82, 2.24) is 19.5 Å². The Hall–Kier alpha value is -2.99. The van der Waals surface area contributed by atoms with E-state index in [0.717, 1.165) is 33.1 Å². The highest BCUT2D eigenvalue weighted by Crippen LogP contribution is 2.33. The van der Waals surface area contributed by atoms with Crippen molar-refractivity contribution in [1.29, 1.82) is 0 Å². The molecule has 0 amide bonds. The second-order valence-corrected chi connectivity index (χ2v) is 5.40. The number of nitrogens with two attached hydrogens (primary N) is 2. The summed E-state index contributed by atoms with van der Waals surface area (Å²) < 4.78 is 2.01. The van der Waals surface area contributed by atoms with Gasteiger partial charge in [-0.2, -0.15) is 0 Å². The molecule has 6 heteroatoms. The zero-order valence-corrected chi connectivity index (χ0v) is 12.5. The van der Waals surface area contributed by atoms with Crippen LogP contribution in [0.1, 0.15) is 0 Å². The van der Waals surface area contributed by atoms with Gasteiger partial charge in [0.2, 0.25) is 0 Å². The molecule has 3 heterocycles. The summed E-state index contributed by atoms with van der Waals surface area (Å²) in [5.74, 6) is 0.467. The first-order valence-electron chi connectivity index (χ1n) is 7.42. The number of pyridine rings is 1. The number of fused-ring (bicyclic) bond motifs is 2. The summed E-state index contributed by atoms with van der Waals surface area (Å²) in [6.45, 7) is 1.21. The highest BCUT2D eigenvalue weighted by Gasteiger charge is 2.15. The Morgan fingerprint density at radius 3 is 2.83 bits per heavy atom. The van der Waals surface area contributed by atoms with Crippen molar-refractivity contribution in [2.45, 2.75) is 6.54 Å². The molecule has 0 aliphatic heterocycles. The van der Waals surface area contributed by atoms with Gasteiger partial charge in [-0.3, -0.25) is 4.98 Å². The quantitative estimate of drug-likeness (QED) is 0.605. The molecule has 0 bridgehead atoms. The van der Waals surface area contributed by atoms with E-state index in [2.05, 4.69) is 21.0 Å². The fourth-order valence-electron chi connectivity index (χ4n) is 2.89. The van der Waals surface area contributed by atoms with Gasteiger partial charge in [-0.1, -0.05) is 18.2 Å². The lowest BCUT2D eigenvalue weighted by atomic mass is 10.1. The minimum atomic E-state index is 0.467. The lowest BCUT2D eigenvalue weighted by Gasteiger charge is -2.03. The van der Waals surface area contributed by atoms with Crippen LogP contribution in [0, 0.1) is 0 Å². The standard InChI is InChI=1S/C17H16N6/c18-5-6-23-9-13(15-16(19)21-10-22-17(15)23)12-7-11-3-1-2-4-14(11)20-8-12/h1-4,7-10H,5-6,18H2,(H2,19,21,22). The van der Waals surface area contributed by atoms with Crippen molar-refractivity contribution in [3.63, 3.8) is 0 Å². The van der Waals surface area contributed by atoms with Crippen LogP contribution < -0.4 is 11.5 Å². The predicted octanol–water partition coefficient (Wildman–Crippen LogP) is 2.19. The summed E-state index contributed by atoms with van der Waals surface area (Å²) in [6.07, 6.45) is 5.36. The summed E-state index contributed by atoms with van der Waals surface area (Å²) >= 11 is 0. The smallest absolute Gasteiger partial charge is 0.146 e. The SMILES string of the molecule is NCCn1cc(-c2cnc3ccccc3c2)c2c(N)ncnc21. The van der Waals surface area contributed by atoms with Gasteiger partial charge in [-0.25, -0.2) is 9.97 Å². The van der Waals surface area contributed by atoms with E-state index in [0.29, 0.717) is 18.9 Å². The molecular formula is C17H16N6. The van der Waals surface area contributed by atoms with Gasteiger partial charge in [0.15, 0.2) is 0 Å². The second kappa shape index (κ2) is 5.33. The maximum Gasteiger partial charge on any atom is 0.146 e. The number of para-hydroxylation sites is 1. The van der Waals surface area contributed by atoms with Crippen LogP contribution in [-0.4, -0.2) is 26.1 Å². The molecule has 23 heavy (non-hydrogen) atoms. The van der Waals surface area contributed by atoms with E-state index in [1.165, 1.54) is 6.33 Å². The van der Waals surface area contributed by atoms with Crippen LogP contribution in [-0.2, 0) is 6.54 Å². The van der Waals surface area contributed by atoms with Gasteiger partial charge in [-0.05, 0) is 12.1 Å². The Balaban J connectivity index is 1.99. The Kier molecular flexibility index (Phi) is 3.17. The van der Waals surface area contributed by atoms with Crippen molar-refractivity contribution in [2.24, 2.45) is 5.73 Å². The van der Waals surface area contributed by atoms with Crippen molar-refractivity contribution >= 4 is 27.8 Å². The zero-order valence-electron chi connectivity index (χ0n) is 12.5. The first-order chi connectivity index (χ1) is 11.3. The molecule has 0 unspecified atom stereocenters. The molecule has 0 saturated heterocycles. The molecular weight excluding hydrogens is 288 g/mol. The van der Waals surface area contributed by atoms with E-state index >= 15 is 0 Å². The summed E-state index contributed by atoms with van der Waals surface area (Å²) in [4.78, 5) is 13.0. The fraction of sp³-hybridized carbons (Fsp3) is 0.118. The summed E-state index contributed by atoms with van der Waals surface area (Å²) in [6, 6.07) is 10.1. The molecule has 0 aliphatic carbocycles. The average Bonchev–Trinajstić information content (AvgIpc) is 2.95. The number of anilines is 1. The minimum absolute atomic E-state index is 0.467. The van der Waals surface area contributed by atoms with Crippen LogP contribution in [0.25, 0.3) is 33.1 Å². The average molecular weight is 304 g/mol. The number of rotatable bonds is 3. The molecule has 0 radical (unpaired) electrons. The Morgan fingerprint density at radius 1 is 1.09 bits per heavy atom. The third-order valence-electron chi connectivity index (χ3n) is 3.95. The van der Waals surface area contributed by atoms with E-state index in [9.17, 15) is 0 Å². The van der Waals surface area contributed by atoms with Gasteiger partial charge in [0.1, 0.15) is 17.8 Å². The van der Waals surface area contributed by atoms with E-state index in [1.807, 2.05) is 41.2 Å². The highest BCUT2D eigenvalue weighted by atomic mass is 15.1. The summed E-state index contributed by atoms with van der Waals surface area (Å²) in [5.41, 5.74) is 15.5. The lowest BCUT2D eigenvalue weighted by Crippen LogP contribution is -2.09. The number of hydrogen-bond donors (Lipinski definition) is 2. The third kappa shape index (κ3) is 2.20. The second-order valence-electron chi connectivity index (χ2n) is 5.40. The Morgan fingerprint density at radius 2 is 1.96 bits per heavy atom. The van der Waals surface area contributed by atoms with Gasteiger partial charge in [0.25, 0.3) is 0 Å². The third-order valence-corrected chi connectivity index (χ3v) is 3.95. The Bertz CT molecular complexity index is 1000. The van der Waals surface area contributed by atoms with Crippen LogP contribution in [0.4, 0.5) is 5.82 Å². The Labute approximate surface area is 132 Å². The minimum Gasteiger partial charge on any atom is -0.383 e. The van der Waals surface area contributed by atoms with Crippen LogP contribution in [0.2, 0.25) is 0 Å². The molecule has 0 atom stereocenters. The maximum atomic E-state index is 6.10. The first kappa shape index (κ1) is 13.7. The molecule has 3 aromatic heterocycles.